The van der Waals surface area contributed by atoms with Crippen molar-refractivity contribution in [3.8, 4) is 6.07 Å². The summed E-state index contributed by atoms with van der Waals surface area (Å²) in [5.74, 6) is -1.21. The first-order valence-electron chi connectivity index (χ1n) is 5.35. The van der Waals surface area contributed by atoms with Crippen molar-refractivity contribution in [2.75, 3.05) is 5.32 Å². The van der Waals surface area contributed by atoms with Gasteiger partial charge in [0.05, 0.1) is 17.5 Å². The van der Waals surface area contributed by atoms with E-state index < -0.39 is 5.97 Å². The number of hydrogen-bond acceptors (Lipinski definition) is 4. The molecule has 0 spiro atoms. The quantitative estimate of drug-likeness (QED) is 0.903. The minimum Gasteiger partial charge on any atom is -0.475 e. The monoisotopic (exact) mass is 320 g/mol. The van der Waals surface area contributed by atoms with E-state index in [1.807, 2.05) is 0 Å². The van der Waals surface area contributed by atoms with Gasteiger partial charge >= 0.3 is 5.97 Å². The van der Waals surface area contributed by atoms with Crippen molar-refractivity contribution in [3.05, 3.63) is 51.9 Å². The molecule has 0 bridgehead atoms. The number of benzene rings is 1. The summed E-state index contributed by atoms with van der Waals surface area (Å²) in [4.78, 5) is 10.9. The predicted molar refractivity (Wildman–Crippen MR) is 71.9 cm³/mol. The average Bonchev–Trinajstić information content (AvgIpc) is 2.85. The highest BCUT2D eigenvalue weighted by atomic mass is 79.9. The van der Waals surface area contributed by atoms with Crippen LogP contribution >= 0.6 is 15.9 Å². The Balaban J connectivity index is 2.19. The van der Waals surface area contributed by atoms with Crippen molar-refractivity contribution in [3.63, 3.8) is 0 Å². The Morgan fingerprint density at radius 1 is 1.47 bits per heavy atom. The van der Waals surface area contributed by atoms with Crippen molar-refractivity contribution in [1.29, 1.82) is 5.26 Å². The Morgan fingerprint density at radius 3 is 2.95 bits per heavy atom. The van der Waals surface area contributed by atoms with Crippen LogP contribution in [0.3, 0.4) is 0 Å². The zero-order valence-electron chi connectivity index (χ0n) is 9.68. The van der Waals surface area contributed by atoms with Gasteiger partial charge in [0, 0.05) is 16.6 Å². The number of nitrogens with one attached hydrogen (secondary N) is 1. The molecule has 6 heteroatoms. The molecule has 0 radical (unpaired) electrons. The number of carboxylic acid groups (broad SMARTS) is 1. The van der Waals surface area contributed by atoms with Crippen LogP contribution in [0.4, 0.5) is 5.69 Å². The summed E-state index contributed by atoms with van der Waals surface area (Å²) in [6, 6.07) is 8.86. The number of nitriles is 1. The van der Waals surface area contributed by atoms with Crippen LogP contribution in [0.25, 0.3) is 0 Å². The van der Waals surface area contributed by atoms with Crippen molar-refractivity contribution in [1.82, 2.24) is 0 Å². The van der Waals surface area contributed by atoms with E-state index in [1.54, 1.807) is 24.3 Å². The minimum absolute atomic E-state index is 0.0963. The number of carboxylic acids is 1. The van der Waals surface area contributed by atoms with Gasteiger partial charge in [-0.2, -0.15) is 5.26 Å². The van der Waals surface area contributed by atoms with Gasteiger partial charge < -0.3 is 14.8 Å². The third-order valence-electron chi connectivity index (χ3n) is 2.51. The molecule has 0 saturated carbocycles. The maximum Gasteiger partial charge on any atom is 0.372 e. The van der Waals surface area contributed by atoms with E-state index in [0.29, 0.717) is 16.8 Å². The number of rotatable bonds is 4. The van der Waals surface area contributed by atoms with Gasteiger partial charge in [-0.3, -0.25) is 0 Å². The molecular weight excluding hydrogens is 312 g/mol. The largest absolute Gasteiger partial charge is 0.475 e. The highest BCUT2D eigenvalue weighted by Crippen LogP contribution is 2.22. The Hall–Kier alpha value is -2.26. The highest BCUT2D eigenvalue weighted by Gasteiger charge is 2.14. The van der Waals surface area contributed by atoms with Crippen LogP contribution in [0.15, 0.2) is 39.4 Å². The lowest BCUT2D eigenvalue weighted by molar-refractivity contribution is 0.0661. The third kappa shape index (κ3) is 2.95. The van der Waals surface area contributed by atoms with Gasteiger partial charge in [-0.15, -0.1) is 0 Å². The van der Waals surface area contributed by atoms with E-state index in [2.05, 4.69) is 27.3 Å². The Labute approximate surface area is 117 Å². The van der Waals surface area contributed by atoms with E-state index in [-0.39, 0.29) is 12.3 Å². The summed E-state index contributed by atoms with van der Waals surface area (Å²) < 4.78 is 5.71. The summed E-state index contributed by atoms with van der Waals surface area (Å²) in [5.41, 5.74) is 1.65. The maximum atomic E-state index is 10.9. The van der Waals surface area contributed by atoms with E-state index >= 15 is 0 Å². The smallest absolute Gasteiger partial charge is 0.372 e. The van der Waals surface area contributed by atoms with E-state index in [9.17, 15) is 4.79 Å². The molecule has 0 aliphatic rings. The molecule has 1 aromatic heterocycles. The Kier molecular flexibility index (Phi) is 3.88. The molecule has 0 aliphatic carbocycles. The zero-order valence-corrected chi connectivity index (χ0v) is 11.3. The first-order chi connectivity index (χ1) is 9.11. The first kappa shape index (κ1) is 13.2. The van der Waals surface area contributed by atoms with Crippen LogP contribution in [0.5, 0.6) is 0 Å². The first-order valence-corrected chi connectivity index (χ1v) is 6.14. The fourth-order valence-electron chi connectivity index (χ4n) is 1.61. The zero-order chi connectivity index (χ0) is 13.8. The Bertz CT molecular complexity index is 658. The fraction of sp³-hybridized carbons (Fsp3) is 0.0769. The number of carbonyl (C=O) groups is 1. The van der Waals surface area contributed by atoms with E-state index in [0.717, 1.165) is 4.47 Å². The van der Waals surface area contributed by atoms with Crippen LogP contribution < -0.4 is 5.32 Å². The van der Waals surface area contributed by atoms with Crippen molar-refractivity contribution in [2.45, 2.75) is 6.54 Å². The second kappa shape index (κ2) is 5.59. The molecule has 0 aliphatic heterocycles. The molecular formula is C13H9BrN2O3. The number of furan rings is 1. The molecule has 2 N–H and O–H groups in total. The number of aromatic carboxylic acids is 1. The Morgan fingerprint density at radius 2 is 2.26 bits per heavy atom. The molecule has 0 saturated heterocycles. The summed E-state index contributed by atoms with van der Waals surface area (Å²) in [7, 11) is 0. The topological polar surface area (TPSA) is 86.3 Å². The van der Waals surface area contributed by atoms with Crippen LogP contribution in [0.2, 0.25) is 0 Å². The second-order valence-corrected chi connectivity index (χ2v) is 4.65. The molecule has 0 amide bonds. The lowest BCUT2D eigenvalue weighted by Crippen LogP contribution is -2.05. The minimum atomic E-state index is -1.11. The third-order valence-corrected chi connectivity index (χ3v) is 3.01. The van der Waals surface area contributed by atoms with Crippen molar-refractivity contribution in [2.24, 2.45) is 0 Å². The van der Waals surface area contributed by atoms with Crippen molar-refractivity contribution < 1.29 is 14.3 Å². The summed E-state index contributed by atoms with van der Waals surface area (Å²) >= 11 is 3.32. The average molecular weight is 321 g/mol. The SMILES string of the molecule is N#Cc1ccc(Br)cc1NCc1ccoc1C(=O)O. The highest BCUT2D eigenvalue weighted by molar-refractivity contribution is 9.10. The lowest BCUT2D eigenvalue weighted by Gasteiger charge is -2.08. The number of anilines is 1. The summed E-state index contributed by atoms with van der Waals surface area (Å²) in [6.45, 7) is 0.267. The van der Waals surface area contributed by atoms with Gasteiger partial charge in [-0.1, -0.05) is 15.9 Å². The van der Waals surface area contributed by atoms with Crippen LogP contribution in [-0.2, 0) is 6.54 Å². The summed E-state index contributed by atoms with van der Waals surface area (Å²) in [5, 5.41) is 20.9. The van der Waals surface area contributed by atoms with Gasteiger partial charge in [0.1, 0.15) is 6.07 Å². The van der Waals surface area contributed by atoms with E-state index in [1.165, 1.54) is 6.26 Å². The van der Waals surface area contributed by atoms with Gasteiger partial charge in [0.15, 0.2) is 0 Å². The maximum absolute atomic E-state index is 10.9. The lowest BCUT2D eigenvalue weighted by atomic mass is 10.2. The molecule has 19 heavy (non-hydrogen) atoms. The van der Waals surface area contributed by atoms with E-state index in [4.69, 9.17) is 14.8 Å². The van der Waals surface area contributed by atoms with Crippen molar-refractivity contribution >= 4 is 27.6 Å². The van der Waals surface area contributed by atoms with Gasteiger partial charge in [-0.05, 0) is 24.3 Å². The van der Waals surface area contributed by atoms with Gasteiger partial charge in [0.25, 0.3) is 0 Å². The number of halogens is 1. The molecule has 2 rings (SSSR count). The van der Waals surface area contributed by atoms with Gasteiger partial charge in [-0.25, -0.2) is 4.79 Å². The van der Waals surface area contributed by atoms with Crippen LogP contribution in [0.1, 0.15) is 21.7 Å². The standard InChI is InChI=1S/C13H9BrN2O3/c14-10-2-1-8(6-15)11(5-10)16-7-9-3-4-19-12(9)13(17)18/h1-5,16H,7H2,(H,17,18). The van der Waals surface area contributed by atoms with Gasteiger partial charge in [0.2, 0.25) is 5.76 Å². The number of hydrogen-bond donors (Lipinski definition) is 2. The summed E-state index contributed by atoms with van der Waals surface area (Å²) in [6.07, 6.45) is 1.33. The molecule has 0 fully saturated rings. The molecule has 1 aromatic carbocycles. The second-order valence-electron chi connectivity index (χ2n) is 3.74. The molecule has 0 unspecified atom stereocenters. The molecule has 2 aromatic rings. The molecule has 5 nitrogen and oxygen atoms in total. The predicted octanol–water partition coefficient (Wildman–Crippen LogP) is 3.22. The normalized spacial score (nSPS) is 9.89. The van der Waals surface area contributed by atoms with Crippen LogP contribution in [-0.4, -0.2) is 11.1 Å². The molecule has 0 atom stereocenters. The van der Waals surface area contributed by atoms with Crippen LogP contribution in [0, 0.1) is 11.3 Å². The molecule has 1 heterocycles. The fourth-order valence-corrected chi connectivity index (χ4v) is 1.97. The molecule has 96 valence electrons. The number of nitrogens with zero attached hydrogens (tertiary/aromatic N) is 1.